The number of benzene rings is 1. The first-order chi connectivity index (χ1) is 11.5. The Morgan fingerprint density at radius 1 is 1.17 bits per heavy atom. The van der Waals surface area contributed by atoms with E-state index in [9.17, 15) is 19.5 Å². The quantitative estimate of drug-likeness (QED) is 0.635. The van der Waals surface area contributed by atoms with Gasteiger partial charge in [-0.05, 0) is 25.5 Å². The van der Waals surface area contributed by atoms with Crippen LogP contribution in [0.1, 0.15) is 23.7 Å². The molecule has 128 valence electrons. The van der Waals surface area contributed by atoms with Crippen molar-refractivity contribution in [3.05, 3.63) is 48.0 Å². The molecule has 0 bridgehead atoms. The van der Waals surface area contributed by atoms with Crippen molar-refractivity contribution in [1.82, 2.24) is 0 Å². The molecule has 0 radical (unpaired) electrons. The maximum absolute atomic E-state index is 12.0. The predicted octanol–water partition coefficient (Wildman–Crippen LogP) is 2.30. The van der Waals surface area contributed by atoms with Gasteiger partial charge in [0.15, 0.2) is 0 Å². The number of carbonyl (C=O) groups is 3. The lowest BCUT2D eigenvalue weighted by Gasteiger charge is -2.30. The Labute approximate surface area is 140 Å². The molecule has 6 heteroatoms. The number of ether oxygens (including phenoxy) is 2. The van der Waals surface area contributed by atoms with Crippen molar-refractivity contribution in [2.75, 3.05) is 13.2 Å². The first kappa shape index (κ1) is 17.7. The normalized spacial score (nSPS) is 22.6. The molecule has 0 aromatic heterocycles. The highest BCUT2D eigenvalue weighted by Gasteiger charge is 2.41. The van der Waals surface area contributed by atoms with Crippen LogP contribution in [-0.4, -0.2) is 36.2 Å². The number of carboxylic acids is 1. The SMILES string of the molecule is CCOC(=O)[C@H]1CC=C[C@H](COC(=O)c2ccccc2)[C@@H]1C(=O)O. The van der Waals surface area contributed by atoms with E-state index in [1.54, 1.807) is 49.4 Å². The van der Waals surface area contributed by atoms with E-state index in [1.165, 1.54) is 0 Å². The monoisotopic (exact) mass is 332 g/mol. The van der Waals surface area contributed by atoms with Crippen LogP contribution >= 0.6 is 0 Å². The van der Waals surface area contributed by atoms with E-state index in [-0.39, 0.29) is 13.2 Å². The molecule has 0 amide bonds. The van der Waals surface area contributed by atoms with Gasteiger partial charge < -0.3 is 14.6 Å². The van der Waals surface area contributed by atoms with Gasteiger partial charge in [0.25, 0.3) is 0 Å². The molecule has 0 saturated heterocycles. The molecule has 0 aliphatic heterocycles. The van der Waals surface area contributed by atoms with Gasteiger partial charge in [0.2, 0.25) is 0 Å². The van der Waals surface area contributed by atoms with Gasteiger partial charge in [-0.15, -0.1) is 0 Å². The number of hydrogen-bond acceptors (Lipinski definition) is 5. The molecule has 0 heterocycles. The Hall–Kier alpha value is -2.63. The predicted molar refractivity (Wildman–Crippen MR) is 85.2 cm³/mol. The summed E-state index contributed by atoms with van der Waals surface area (Å²) in [6.45, 7) is 1.77. The van der Waals surface area contributed by atoms with Gasteiger partial charge in [-0.25, -0.2) is 4.79 Å². The van der Waals surface area contributed by atoms with E-state index in [2.05, 4.69) is 0 Å². The summed E-state index contributed by atoms with van der Waals surface area (Å²) in [5.41, 5.74) is 0.395. The number of carbonyl (C=O) groups excluding carboxylic acids is 2. The molecule has 2 rings (SSSR count). The lowest BCUT2D eigenvalue weighted by molar-refractivity contribution is -0.159. The van der Waals surface area contributed by atoms with E-state index >= 15 is 0 Å². The Balaban J connectivity index is 2.06. The second-order valence-corrected chi connectivity index (χ2v) is 5.51. The largest absolute Gasteiger partial charge is 0.481 e. The van der Waals surface area contributed by atoms with E-state index < -0.39 is 35.7 Å². The number of allylic oxidation sites excluding steroid dienone is 1. The smallest absolute Gasteiger partial charge is 0.338 e. The topological polar surface area (TPSA) is 89.9 Å². The molecule has 0 fully saturated rings. The summed E-state index contributed by atoms with van der Waals surface area (Å²) in [7, 11) is 0. The molecule has 1 aromatic carbocycles. The molecular weight excluding hydrogens is 312 g/mol. The summed E-state index contributed by atoms with van der Waals surface area (Å²) in [5.74, 6) is -4.47. The number of esters is 2. The van der Waals surface area contributed by atoms with Crippen LogP contribution in [0.5, 0.6) is 0 Å². The summed E-state index contributed by atoms with van der Waals surface area (Å²) in [4.78, 5) is 35.6. The minimum atomic E-state index is -1.10. The van der Waals surface area contributed by atoms with E-state index in [0.29, 0.717) is 12.0 Å². The third-order valence-electron chi connectivity index (χ3n) is 3.96. The van der Waals surface area contributed by atoms with Crippen molar-refractivity contribution >= 4 is 17.9 Å². The molecule has 24 heavy (non-hydrogen) atoms. The van der Waals surface area contributed by atoms with Crippen molar-refractivity contribution in [2.45, 2.75) is 13.3 Å². The highest BCUT2D eigenvalue weighted by atomic mass is 16.5. The Bertz CT molecular complexity index is 622. The van der Waals surface area contributed by atoms with Gasteiger partial charge >= 0.3 is 17.9 Å². The Kier molecular flexibility index (Phi) is 6.12. The van der Waals surface area contributed by atoms with Crippen LogP contribution in [0, 0.1) is 17.8 Å². The number of carboxylic acid groups (broad SMARTS) is 1. The van der Waals surface area contributed by atoms with Crippen molar-refractivity contribution in [1.29, 1.82) is 0 Å². The Morgan fingerprint density at radius 3 is 2.50 bits per heavy atom. The molecular formula is C18H20O6. The van der Waals surface area contributed by atoms with Crippen molar-refractivity contribution in [3.8, 4) is 0 Å². The van der Waals surface area contributed by atoms with Crippen LogP contribution < -0.4 is 0 Å². The van der Waals surface area contributed by atoms with E-state index in [4.69, 9.17) is 9.47 Å². The third kappa shape index (κ3) is 4.22. The van der Waals surface area contributed by atoms with Crippen LogP contribution in [0.2, 0.25) is 0 Å². The second-order valence-electron chi connectivity index (χ2n) is 5.51. The molecule has 1 aliphatic carbocycles. The maximum atomic E-state index is 12.0. The minimum Gasteiger partial charge on any atom is -0.481 e. The van der Waals surface area contributed by atoms with Gasteiger partial charge in [0.05, 0.1) is 30.6 Å². The van der Waals surface area contributed by atoms with Gasteiger partial charge in [0, 0.05) is 5.92 Å². The average Bonchev–Trinajstić information content (AvgIpc) is 2.60. The fraction of sp³-hybridized carbons (Fsp3) is 0.389. The zero-order chi connectivity index (χ0) is 17.5. The number of hydrogen-bond donors (Lipinski definition) is 1. The summed E-state index contributed by atoms with van der Waals surface area (Å²) >= 11 is 0. The first-order valence-corrected chi connectivity index (χ1v) is 7.82. The second kappa shape index (κ2) is 8.29. The van der Waals surface area contributed by atoms with Crippen LogP contribution in [0.3, 0.4) is 0 Å². The summed E-state index contributed by atoms with van der Waals surface area (Å²) in [5, 5.41) is 9.50. The summed E-state index contributed by atoms with van der Waals surface area (Å²) in [6.07, 6.45) is 3.73. The molecule has 1 N–H and O–H groups in total. The number of rotatable bonds is 6. The summed E-state index contributed by atoms with van der Waals surface area (Å²) < 4.78 is 10.2. The fourth-order valence-corrected chi connectivity index (χ4v) is 2.80. The molecule has 1 aliphatic rings. The highest BCUT2D eigenvalue weighted by molar-refractivity contribution is 5.89. The molecule has 3 atom stereocenters. The number of aliphatic carboxylic acids is 1. The van der Waals surface area contributed by atoms with Crippen molar-refractivity contribution < 1.29 is 29.0 Å². The molecule has 1 aromatic rings. The van der Waals surface area contributed by atoms with Gasteiger partial charge in [0.1, 0.15) is 0 Å². The van der Waals surface area contributed by atoms with Gasteiger partial charge in [-0.3, -0.25) is 9.59 Å². The van der Waals surface area contributed by atoms with Crippen LogP contribution in [-0.2, 0) is 19.1 Å². The standard InChI is InChI=1S/C18H20O6/c1-2-23-18(22)14-10-6-9-13(15(14)16(19)20)11-24-17(21)12-7-4-3-5-8-12/h3-9,13-15H,2,10-11H2,1H3,(H,19,20)/t13-,14+,15+/m1/s1. The molecule has 0 spiro atoms. The fourth-order valence-electron chi connectivity index (χ4n) is 2.80. The van der Waals surface area contributed by atoms with Crippen LogP contribution in [0.15, 0.2) is 42.5 Å². The maximum Gasteiger partial charge on any atom is 0.338 e. The van der Waals surface area contributed by atoms with Gasteiger partial charge in [-0.2, -0.15) is 0 Å². The van der Waals surface area contributed by atoms with Gasteiger partial charge in [-0.1, -0.05) is 30.4 Å². The highest BCUT2D eigenvalue weighted by Crippen LogP contribution is 2.32. The zero-order valence-corrected chi connectivity index (χ0v) is 13.4. The van der Waals surface area contributed by atoms with Crippen molar-refractivity contribution in [3.63, 3.8) is 0 Å². The summed E-state index contributed by atoms with van der Waals surface area (Å²) in [6, 6.07) is 8.46. The van der Waals surface area contributed by atoms with Crippen LogP contribution in [0.25, 0.3) is 0 Å². The molecule has 6 nitrogen and oxygen atoms in total. The van der Waals surface area contributed by atoms with Crippen LogP contribution in [0.4, 0.5) is 0 Å². The molecule has 0 saturated carbocycles. The molecule has 0 unspecified atom stereocenters. The average molecular weight is 332 g/mol. The Morgan fingerprint density at radius 2 is 1.88 bits per heavy atom. The zero-order valence-electron chi connectivity index (χ0n) is 13.4. The van der Waals surface area contributed by atoms with Crippen molar-refractivity contribution in [2.24, 2.45) is 17.8 Å². The lowest BCUT2D eigenvalue weighted by Crippen LogP contribution is -2.39. The third-order valence-corrected chi connectivity index (χ3v) is 3.96. The lowest BCUT2D eigenvalue weighted by atomic mass is 9.76. The first-order valence-electron chi connectivity index (χ1n) is 7.82. The van der Waals surface area contributed by atoms with E-state index in [0.717, 1.165) is 0 Å². The minimum absolute atomic E-state index is 0.100. The van der Waals surface area contributed by atoms with E-state index in [1.807, 2.05) is 0 Å².